The van der Waals surface area contributed by atoms with Gasteiger partial charge in [0.1, 0.15) is 12.2 Å². The van der Waals surface area contributed by atoms with Crippen molar-refractivity contribution in [3.05, 3.63) is 36.0 Å². The molecule has 3 heterocycles. The molecule has 7 heteroatoms. The second-order valence-electron chi connectivity index (χ2n) is 5.14. The van der Waals surface area contributed by atoms with Gasteiger partial charge in [0, 0.05) is 24.0 Å². The van der Waals surface area contributed by atoms with E-state index in [2.05, 4.69) is 31.7 Å². The Morgan fingerprint density at radius 2 is 2.33 bits per heavy atom. The largest absolute Gasteiger partial charge is 0.326 e. The lowest BCUT2D eigenvalue weighted by atomic mass is 9.89. The molecule has 2 N–H and O–H groups in total. The summed E-state index contributed by atoms with van der Waals surface area (Å²) in [6, 6.07) is 3.99. The third kappa shape index (κ3) is 1.81. The van der Waals surface area contributed by atoms with Crippen LogP contribution in [0.4, 0.5) is 5.69 Å². The number of amides is 1. The van der Waals surface area contributed by atoms with Gasteiger partial charge in [-0.3, -0.25) is 9.89 Å². The number of aryl methyl sites for hydroxylation is 1. The van der Waals surface area contributed by atoms with Crippen LogP contribution in [-0.4, -0.2) is 30.9 Å². The number of H-pyrrole nitrogens is 1. The van der Waals surface area contributed by atoms with Gasteiger partial charge in [-0.15, -0.1) is 0 Å². The van der Waals surface area contributed by atoms with Crippen LogP contribution >= 0.6 is 0 Å². The zero-order valence-corrected chi connectivity index (χ0v) is 11.5. The predicted octanol–water partition coefficient (Wildman–Crippen LogP) is 1.65. The fourth-order valence-corrected chi connectivity index (χ4v) is 2.92. The Labute approximate surface area is 120 Å². The SMILES string of the molecule is CCn1ncnc1C1CC(=O)Nc2cc3[nH]ncc3cc21. The minimum absolute atomic E-state index is 0.00276. The molecule has 1 amide bonds. The highest BCUT2D eigenvalue weighted by atomic mass is 16.1. The summed E-state index contributed by atoms with van der Waals surface area (Å²) in [6.07, 6.45) is 3.71. The molecule has 0 saturated carbocycles. The van der Waals surface area contributed by atoms with Crippen molar-refractivity contribution in [2.24, 2.45) is 0 Å². The van der Waals surface area contributed by atoms with E-state index in [-0.39, 0.29) is 11.8 Å². The van der Waals surface area contributed by atoms with Crippen molar-refractivity contribution < 1.29 is 4.79 Å². The zero-order valence-electron chi connectivity index (χ0n) is 11.5. The molecule has 7 nitrogen and oxygen atoms in total. The maximum absolute atomic E-state index is 12.0. The highest BCUT2D eigenvalue weighted by Crippen LogP contribution is 2.38. The fourth-order valence-electron chi connectivity index (χ4n) is 2.92. The Bertz CT molecular complexity index is 833. The number of hydrogen-bond donors (Lipinski definition) is 2. The summed E-state index contributed by atoms with van der Waals surface area (Å²) in [5.41, 5.74) is 2.79. The fraction of sp³-hybridized carbons (Fsp3) is 0.286. The number of aromatic amines is 1. The number of nitrogens with one attached hydrogen (secondary N) is 2. The number of benzene rings is 1. The molecule has 0 aliphatic carbocycles. The van der Waals surface area contributed by atoms with E-state index in [9.17, 15) is 4.79 Å². The molecule has 1 aliphatic rings. The Hall–Kier alpha value is -2.70. The van der Waals surface area contributed by atoms with E-state index in [0.29, 0.717) is 6.42 Å². The minimum Gasteiger partial charge on any atom is -0.326 e. The molecule has 0 radical (unpaired) electrons. The van der Waals surface area contributed by atoms with Crippen LogP contribution < -0.4 is 5.32 Å². The average molecular weight is 282 g/mol. The van der Waals surface area contributed by atoms with Gasteiger partial charge in [0.2, 0.25) is 5.91 Å². The summed E-state index contributed by atoms with van der Waals surface area (Å²) < 4.78 is 1.84. The van der Waals surface area contributed by atoms with Gasteiger partial charge in [-0.25, -0.2) is 9.67 Å². The first-order valence-electron chi connectivity index (χ1n) is 6.91. The standard InChI is InChI=1S/C14H14N6O/c1-2-20-14(15-7-17-20)10-4-13(21)18-12-5-11-8(3-9(10)12)6-16-19-11/h3,5-7,10H,2,4H2,1H3,(H,16,19)(H,18,21). The van der Waals surface area contributed by atoms with E-state index in [1.54, 1.807) is 12.5 Å². The topological polar surface area (TPSA) is 88.5 Å². The van der Waals surface area contributed by atoms with E-state index in [4.69, 9.17) is 0 Å². The molecule has 0 spiro atoms. The number of rotatable bonds is 2. The van der Waals surface area contributed by atoms with Gasteiger partial charge in [-0.1, -0.05) is 0 Å². The quantitative estimate of drug-likeness (QED) is 0.748. The molecule has 21 heavy (non-hydrogen) atoms. The molecule has 1 unspecified atom stereocenters. The smallest absolute Gasteiger partial charge is 0.225 e. The van der Waals surface area contributed by atoms with E-state index < -0.39 is 0 Å². The van der Waals surface area contributed by atoms with Crippen LogP contribution in [0.2, 0.25) is 0 Å². The van der Waals surface area contributed by atoms with Crippen molar-refractivity contribution in [3.8, 4) is 0 Å². The highest BCUT2D eigenvalue weighted by molar-refractivity contribution is 5.98. The Morgan fingerprint density at radius 3 is 3.19 bits per heavy atom. The van der Waals surface area contributed by atoms with Crippen molar-refractivity contribution in [1.29, 1.82) is 0 Å². The number of carbonyl (C=O) groups excluding carboxylic acids is 1. The molecule has 1 atom stereocenters. The number of aromatic nitrogens is 5. The number of anilines is 1. The molecule has 0 bridgehead atoms. The van der Waals surface area contributed by atoms with Crippen LogP contribution in [0.15, 0.2) is 24.7 Å². The maximum Gasteiger partial charge on any atom is 0.225 e. The zero-order chi connectivity index (χ0) is 14.4. The summed E-state index contributed by atoms with van der Waals surface area (Å²) in [5, 5.41) is 15.1. The molecular weight excluding hydrogens is 268 g/mol. The van der Waals surface area contributed by atoms with Gasteiger partial charge in [0.25, 0.3) is 0 Å². The molecule has 0 fully saturated rings. The van der Waals surface area contributed by atoms with E-state index in [1.807, 2.05) is 17.7 Å². The first-order chi connectivity index (χ1) is 10.3. The second-order valence-corrected chi connectivity index (χ2v) is 5.14. The van der Waals surface area contributed by atoms with Crippen LogP contribution in [0.5, 0.6) is 0 Å². The normalized spacial score (nSPS) is 17.8. The van der Waals surface area contributed by atoms with Crippen LogP contribution in [0.25, 0.3) is 10.9 Å². The molecule has 1 aliphatic heterocycles. The van der Waals surface area contributed by atoms with Crippen LogP contribution in [0.3, 0.4) is 0 Å². The second kappa shape index (κ2) is 4.41. The summed E-state index contributed by atoms with van der Waals surface area (Å²) in [4.78, 5) is 16.4. The number of nitrogens with zero attached hydrogens (tertiary/aromatic N) is 4. The molecule has 106 valence electrons. The molecule has 2 aromatic heterocycles. The third-order valence-corrected chi connectivity index (χ3v) is 3.91. The first-order valence-corrected chi connectivity index (χ1v) is 6.91. The lowest BCUT2D eigenvalue weighted by molar-refractivity contribution is -0.116. The van der Waals surface area contributed by atoms with Crippen molar-refractivity contribution in [1.82, 2.24) is 25.0 Å². The van der Waals surface area contributed by atoms with E-state index in [1.165, 1.54) is 0 Å². The van der Waals surface area contributed by atoms with Gasteiger partial charge in [0.05, 0.1) is 17.6 Å². The highest BCUT2D eigenvalue weighted by Gasteiger charge is 2.30. The monoisotopic (exact) mass is 282 g/mol. The van der Waals surface area contributed by atoms with Crippen molar-refractivity contribution in [2.45, 2.75) is 25.8 Å². The summed E-state index contributed by atoms with van der Waals surface area (Å²) >= 11 is 0. The van der Waals surface area contributed by atoms with Crippen LogP contribution in [-0.2, 0) is 11.3 Å². The molecule has 4 rings (SSSR count). The van der Waals surface area contributed by atoms with Gasteiger partial charge < -0.3 is 5.32 Å². The number of carbonyl (C=O) groups is 1. The average Bonchev–Trinajstić information content (AvgIpc) is 3.12. The lowest BCUT2D eigenvalue weighted by Gasteiger charge is -2.25. The Balaban J connectivity index is 1.92. The summed E-state index contributed by atoms with van der Waals surface area (Å²) in [6.45, 7) is 2.75. The van der Waals surface area contributed by atoms with Gasteiger partial charge >= 0.3 is 0 Å². The number of fused-ring (bicyclic) bond motifs is 2. The Kier molecular flexibility index (Phi) is 2.53. The first kappa shape index (κ1) is 12.1. The summed E-state index contributed by atoms with van der Waals surface area (Å²) in [7, 11) is 0. The van der Waals surface area contributed by atoms with E-state index >= 15 is 0 Å². The van der Waals surface area contributed by atoms with Crippen molar-refractivity contribution in [2.75, 3.05) is 5.32 Å². The number of hydrogen-bond acceptors (Lipinski definition) is 4. The van der Waals surface area contributed by atoms with Gasteiger partial charge in [-0.05, 0) is 24.6 Å². The van der Waals surface area contributed by atoms with Crippen molar-refractivity contribution >= 4 is 22.5 Å². The van der Waals surface area contributed by atoms with Crippen LogP contribution in [0.1, 0.15) is 30.7 Å². The van der Waals surface area contributed by atoms with Gasteiger partial charge in [-0.2, -0.15) is 10.2 Å². The molecule has 3 aromatic rings. The lowest BCUT2D eigenvalue weighted by Crippen LogP contribution is -2.25. The minimum atomic E-state index is -0.0736. The molecule has 0 saturated heterocycles. The molecular formula is C14H14N6O. The van der Waals surface area contributed by atoms with E-state index in [0.717, 1.165) is 34.5 Å². The predicted molar refractivity (Wildman–Crippen MR) is 76.9 cm³/mol. The van der Waals surface area contributed by atoms with Gasteiger partial charge in [0.15, 0.2) is 0 Å². The third-order valence-electron chi connectivity index (χ3n) is 3.91. The summed E-state index contributed by atoms with van der Waals surface area (Å²) in [5.74, 6) is 0.754. The molecule has 1 aromatic carbocycles. The van der Waals surface area contributed by atoms with Crippen LogP contribution in [0, 0.1) is 0 Å². The Morgan fingerprint density at radius 1 is 1.43 bits per heavy atom. The maximum atomic E-state index is 12.0. The van der Waals surface area contributed by atoms with Crippen molar-refractivity contribution in [3.63, 3.8) is 0 Å².